The molecule has 120 valence electrons. The minimum atomic E-state index is -0.485. The van der Waals surface area contributed by atoms with Crippen LogP contribution in [0.1, 0.15) is 29.3 Å². The summed E-state index contributed by atoms with van der Waals surface area (Å²) in [6.45, 7) is 5.82. The Bertz CT molecular complexity index is 670. The average Bonchev–Trinajstić information content (AvgIpc) is 2.60. The maximum absolute atomic E-state index is 12.2. The van der Waals surface area contributed by atoms with Crippen molar-refractivity contribution in [2.75, 3.05) is 7.11 Å². The SMILES string of the molecule is C=CCC(C)(NNC(=O)c1ccccc1)c1cccc(OC)c1. The highest BCUT2D eigenvalue weighted by Crippen LogP contribution is 2.27. The van der Waals surface area contributed by atoms with Gasteiger partial charge in [-0.25, -0.2) is 5.43 Å². The van der Waals surface area contributed by atoms with Gasteiger partial charge in [-0.3, -0.25) is 10.2 Å². The van der Waals surface area contributed by atoms with E-state index in [1.165, 1.54) is 0 Å². The zero-order valence-electron chi connectivity index (χ0n) is 13.5. The number of nitrogens with one attached hydrogen (secondary N) is 2. The topological polar surface area (TPSA) is 50.4 Å². The highest BCUT2D eigenvalue weighted by atomic mass is 16.5. The number of carbonyl (C=O) groups excluding carboxylic acids is 1. The van der Waals surface area contributed by atoms with Crippen LogP contribution in [0.3, 0.4) is 0 Å². The minimum Gasteiger partial charge on any atom is -0.497 e. The van der Waals surface area contributed by atoms with Gasteiger partial charge in [0.1, 0.15) is 5.75 Å². The summed E-state index contributed by atoms with van der Waals surface area (Å²) in [4.78, 5) is 12.2. The summed E-state index contributed by atoms with van der Waals surface area (Å²) in [6.07, 6.45) is 2.47. The molecule has 2 rings (SSSR count). The van der Waals surface area contributed by atoms with Crippen molar-refractivity contribution in [2.24, 2.45) is 0 Å². The van der Waals surface area contributed by atoms with E-state index in [1.807, 2.05) is 55.5 Å². The van der Waals surface area contributed by atoms with Gasteiger partial charge in [0.05, 0.1) is 12.6 Å². The van der Waals surface area contributed by atoms with Gasteiger partial charge in [0.25, 0.3) is 5.91 Å². The first-order chi connectivity index (χ1) is 11.1. The quantitative estimate of drug-likeness (QED) is 0.608. The van der Waals surface area contributed by atoms with E-state index in [4.69, 9.17) is 4.74 Å². The molecule has 0 radical (unpaired) electrons. The Kier molecular flexibility index (Phi) is 5.55. The molecule has 0 spiro atoms. The zero-order valence-corrected chi connectivity index (χ0v) is 13.5. The zero-order chi connectivity index (χ0) is 16.7. The van der Waals surface area contributed by atoms with Crippen molar-refractivity contribution in [2.45, 2.75) is 18.9 Å². The summed E-state index contributed by atoms with van der Waals surface area (Å²) in [6, 6.07) is 16.8. The van der Waals surface area contributed by atoms with E-state index in [0.717, 1.165) is 11.3 Å². The van der Waals surface area contributed by atoms with Gasteiger partial charge >= 0.3 is 0 Å². The molecule has 0 aromatic heterocycles. The van der Waals surface area contributed by atoms with Crippen molar-refractivity contribution in [3.05, 3.63) is 78.4 Å². The predicted octanol–water partition coefficient (Wildman–Crippen LogP) is 3.42. The number of hydrazine groups is 1. The molecule has 1 atom stereocenters. The summed E-state index contributed by atoms with van der Waals surface area (Å²) in [7, 11) is 1.63. The molecule has 0 bridgehead atoms. The van der Waals surface area contributed by atoms with E-state index in [-0.39, 0.29) is 5.91 Å². The third kappa shape index (κ3) is 4.20. The van der Waals surface area contributed by atoms with E-state index in [2.05, 4.69) is 17.4 Å². The van der Waals surface area contributed by atoms with Crippen molar-refractivity contribution < 1.29 is 9.53 Å². The molecule has 0 aliphatic heterocycles. The smallest absolute Gasteiger partial charge is 0.265 e. The van der Waals surface area contributed by atoms with Crippen molar-refractivity contribution in [3.63, 3.8) is 0 Å². The van der Waals surface area contributed by atoms with Gasteiger partial charge in [0.15, 0.2) is 0 Å². The van der Waals surface area contributed by atoms with Crippen LogP contribution >= 0.6 is 0 Å². The van der Waals surface area contributed by atoms with Crippen LogP contribution < -0.4 is 15.6 Å². The number of carbonyl (C=O) groups is 1. The van der Waals surface area contributed by atoms with Crippen LogP contribution in [0, 0.1) is 0 Å². The molecule has 0 aliphatic rings. The summed E-state index contributed by atoms with van der Waals surface area (Å²) in [5.41, 5.74) is 7.04. The molecular weight excluding hydrogens is 288 g/mol. The summed E-state index contributed by atoms with van der Waals surface area (Å²) in [5, 5.41) is 0. The molecule has 2 aromatic rings. The molecule has 2 N–H and O–H groups in total. The fourth-order valence-electron chi connectivity index (χ4n) is 2.35. The number of methoxy groups -OCH3 is 1. The number of hydrogen-bond donors (Lipinski definition) is 2. The number of benzene rings is 2. The number of ether oxygens (including phenoxy) is 1. The molecule has 0 aliphatic carbocycles. The van der Waals surface area contributed by atoms with E-state index in [0.29, 0.717) is 12.0 Å². The molecule has 0 fully saturated rings. The first-order valence-electron chi connectivity index (χ1n) is 7.47. The number of hydrogen-bond acceptors (Lipinski definition) is 3. The lowest BCUT2D eigenvalue weighted by molar-refractivity contribution is 0.0907. The van der Waals surface area contributed by atoms with Gasteiger partial charge in [0.2, 0.25) is 0 Å². The Morgan fingerprint density at radius 1 is 1.22 bits per heavy atom. The Morgan fingerprint density at radius 2 is 1.96 bits per heavy atom. The summed E-state index contributed by atoms with van der Waals surface area (Å²) < 4.78 is 5.28. The molecule has 0 saturated carbocycles. The van der Waals surface area contributed by atoms with Crippen LogP contribution in [0.15, 0.2) is 67.3 Å². The van der Waals surface area contributed by atoms with Crippen LogP contribution in [0.2, 0.25) is 0 Å². The van der Waals surface area contributed by atoms with Crippen LogP contribution in [0.5, 0.6) is 5.75 Å². The lowest BCUT2D eigenvalue weighted by Crippen LogP contribution is -2.50. The monoisotopic (exact) mass is 310 g/mol. The summed E-state index contributed by atoms with van der Waals surface area (Å²) in [5.74, 6) is 0.595. The maximum Gasteiger partial charge on any atom is 0.265 e. The van der Waals surface area contributed by atoms with Crippen LogP contribution in [0.25, 0.3) is 0 Å². The second kappa shape index (κ2) is 7.61. The maximum atomic E-state index is 12.2. The van der Waals surface area contributed by atoms with Gasteiger partial charge < -0.3 is 4.74 Å². The molecule has 1 unspecified atom stereocenters. The van der Waals surface area contributed by atoms with Crippen molar-refractivity contribution in [1.29, 1.82) is 0 Å². The predicted molar refractivity (Wildman–Crippen MR) is 92.2 cm³/mol. The van der Waals surface area contributed by atoms with E-state index >= 15 is 0 Å². The Morgan fingerprint density at radius 3 is 2.61 bits per heavy atom. The highest BCUT2D eigenvalue weighted by Gasteiger charge is 2.26. The van der Waals surface area contributed by atoms with Crippen molar-refractivity contribution in [3.8, 4) is 5.75 Å². The third-order valence-electron chi connectivity index (χ3n) is 3.75. The standard InChI is InChI=1S/C19H22N2O2/c1-4-13-19(2,16-11-8-12-17(14-16)23-3)21-20-18(22)15-9-6-5-7-10-15/h4-12,14,21H,1,13H2,2-3H3,(H,20,22). The second-order valence-corrected chi connectivity index (χ2v) is 5.50. The normalized spacial score (nSPS) is 13.0. The van der Waals surface area contributed by atoms with Gasteiger partial charge in [-0.05, 0) is 43.2 Å². The molecule has 0 saturated heterocycles. The van der Waals surface area contributed by atoms with E-state index in [9.17, 15) is 4.79 Å². The Balaban J connectivity index is 2.16. The second-order valence-electron chi connectivity index (χ2n) is 5.50. The molecular formula is C19H22N2O2. The first-order valence-corrected chi connectivity index (χ1v) is 7.47. The lowest BCUT2D eigenvalue weighted by atomic mass is 9.89. The Labute approximate surface area is 137 Å². The molecule has 2 aromatic carbocycles. The molecule has 23 heavy (non-hydrogen) atoms. The van der Waals surface area contributed by atoms with Gasteiger partial charge in [-0.1, -0.05) is 36.4 Å². The lowest BCUT2D eigenvalue weighted by Gasteiger charge is -2.31. The van der Waals surface area contributed by atoms with Crippen LogP contribution in [-0.4, -0.2) is 13.0 Å². The minimum absolute atomic E-state index is 0.177. The summed E-state index contributed by atoms with van der Waals surface area (Å²) >= 11 is 0. The van der Waals surface area contributed by atoms with Gasteiger partial charge in [-0.2, -0.15) is 0 Å². The fraction of sp³-hybridized carbons (Fsp3) is 0.211. The molecule has 1 amide bonds. The van der Waals surface area contributed by atoms with Crippen molar-refractivity contribution >= 4 is 5.91 Å². The highest BCUT2D eigenvalue weighted by molar-refractivity contribution is 5.93. The molecule has 0 heterocycles. The fourth-order valence-corrected chi connectivity index (χ4v) is 2.35. The number of rotatable bonds is 7. The van der Waals surface area contributed by atoms with Crippen LogP contribution in [0.4, 0.5) is 0 Å². The van der Waals surface area contributed by atoms with E-state index in [1.54, 1.807) is 19.2 Å². The molecule has 4 nitrogen and oxygen atoms in total. The van der Waals surface area contributed by atoms with Gasteiger partial charge in [-0.15, -0.1) is 6.58 Å². The Hall–Kier alpha value is -2.59. The molecule has 4 heteroatoms. The number of amides is 1. The average molecular weight is 310 g/mol. The van der Waals surface area contributed by atoms with Gasteiger partial charge in [0, 0.05) is 5.56 Å². The van der Waals surface area contributed by atoms with Crippen LogP contribution in [-0.2, 0) is 5.54 Å². The first kappa shape index (κ1) is 16.8. The largest absolute Gasteiger partial charge is 0.497 e. The van der Waals surface area contributed by atoms with Crippen molar-refractivity contribution in [1.82, 2.24) is 10.9 Å². The third-order valence-corrected chi connectivity index (χ3v) is 3.75. The van der Waals surface area contributed by atoms with E-state index < -0.39 is 5.54 Å².